The molecule has 0 aliphatic heterocycles. The molecule has 0 aliphatic carbocycles. The maximum atomic E-state index is 13.5. The molecule has 1 aromatic carbocycles. The van der Waals surface area contributed by atoms with E-state index in [0.717, 1.165) is 5.56 Å². The zero-order valence-corrected chi connectivity index (χ0v) is 9.70. The summed E-state index contributed by atoms with van der Waals surface area (Å²) >= 11 is 0. The fourth-order valence-electron chi connectivity index (χ4n) is 1.63. The van der Waals surface area contributed by atoms with E-state index in [2.05, 4.69) is 4.98 Å². The maximum absolute atomic E-state index is 13.5. The molecule has 0 atom stereocenters. The Bertz CT molecular complexity index is 543. The molecule has 0 bridgehead atoms. The Balaban J connectivity index is 2.24. The summed E-state index contributed by atoms with van der Waals surface area (Å²) in [6, 6.07) is 9.76. The van der Waals surface area contributed by atoms with Crippen molar-refractivity contribution in [3.8, 4) is 0 Å². The summed E-state index contributed by atoms with van der Waals surface area (Å²) in [6.45, 7) is 0.357. The average Bonchev–Trinajstić information content (AvgIpc) is 2.35. The van der Waals surface area contributed by atoms with E-state index in [1.54, 1.807) is 7.05 Å². The predicted octanol–water partition coefficient (Wildman–Crippen LogP) is 3.14. The van der Waals surface area contributed by atoms with E-state index in [-0.39, 0.29) is 5.82 Å². The van der Waals surface area contributed by atoms with Crippen molar-refractivity contribution in [2.45, 2.75) is 6.54 Å². The summed E-state index contributed by atoms with van der Waals surface area (Å²) < 4.78 is 39.2. The SMILES string of the molecule is CN(Cc1ccccc1)c1nc(F)c(F)cc1F. The van der Waals surface area contributed by atoms with Gasteiger partial charge in [0, 0.05) is 19.7 Å². The third-order valence-electron chi connectivity index (χ3n) is 2.49. The lowest BCUT2D eigenvalue weighted by Crippen LogP contribution is -2.20. The van der Waals surface area contributed by atoms with Crippen LogP contribution in [0.5, 0.6) is 0 Å². The maximum Gasteiger partial charge on any atom is 0.251 e. The molecule has 0 saturated heterocycles. The van der Waals surface area contributed by atoms with Crippen LogP contribution in [0, 0.1) is 17.6 Å². The van der Waals surface area contributed by atoms with Gasteiger partial charge < -0.3 is 4.90 Å². The molecule has 1 aromatic heterocycles. The van der Waals surface area contributed by atoms with Gasteiger partial charge in [-0.3, -0.25) is 0 Å². The van der Waals surface area contributed by atoms with Crippen LogP contribution in [0.25, 0.3) is 0 Å². The van der Waals surface area contributed by atoms with E-state index in [9.17, 15) is 13.2 Å². The van der Waals surface area contributed by atoms with E-state index < -0.39 is 17.6 Å². The number of aromatic nitrogens is 1. The van der Waals surface area contributed by atoms with Crippen molar-refractivity contribution in [1.82, 2.24) is 4.98 Å². The second-order valence-electron chi connectivity index (χ2n) is 3.91. The first kappa shape index (κ1) is 12.4. The highest BCUT2D eigenvalue weighted by atomic mass is 19.2. The highest BCUT2D eigenvalue weighted by Crippen LogP contribution is 2.19. The van der Waals surface area contributed by atoms with Gasteiger partial charge >= 0.3 is 0 Å². The smallest absolute Gasteiger partial charge is 0.251 e. The molecular weight excluding hydrogens is 241 g/mol. The third kappa shape index (κ3) is 2.61. The van der Waals surface area contributed by atoms with Crippen molar-refractivity contribution in [2.75, 3.05) is 11.9 Å². The van der Waals surface area contributed by atoms with Crippen LogP contribution in [0.4, 0.5) is 19.0 Å². The lowest BCUT2D eigenvalue weighted by molar-refractivity contribution is 0.463. The Hall–Kier alpha value is -2.04. The van der Waals surface area contributed by atoms with Crippen molar-refractivity contribution in [3.63, 3.8) is 0 Å². The van der Waals surface area contributed by atoms with Crippen molar-refractivity contribution in [2.24, 2.45) is 0 Å². The Morgan fingerprint density at radius 3 is 2.39 bits per heavy atom. The minimum Gasteiger partial charge on any atom is -0.353 e. The molecule has 2 aromatic rings. The number of hydrogen-bond acceptors (Lipinski definition) is 2. The lowest BCUT2D eigenvalue weighted by atomic mass is 10.2. The molecule has 0 N–H and O–H groups in total. The fraction of sp³-hybridized carbons (Fsp3) is 0.154. The summed E-state index contributed by atoms with van der Waals surface area (Å²) in [5.41, 5.74) is 0.922. The number of rotatable bonds is 3. The monoisotopic (exact) mass is 252 g/mol. The average molecular weight is 252 g/mol. The van der Waals surface area contributed by atoms with Crippen molar-refractivity contribution < 1.29 is 13.2 Å². The summed E-state index contributed by atoms with van der Waals surface area (Å²) in [5, 5.41) is 0. The normalized spacial score (nSPS) is 10.4. The molecule has 0 fully saturated rings. The fourth-order valence-corrected chi connectivity index (χ4v) is 1.63. The Morgan fingerprint density at radius 1 is 1.06 bits per heavy atom. The van der Waals surface area contributed by atoms with Gasteiger partial charge in [-0.2, -0.15) is 9.37 Å². The van der Waals surface area contributed by atoms with E-state index in [0.29, 0.717) is 12.6 Å². The quantitative estimate of drug-likeness (QED) is 0.780. The van der Waals surface area contributed by atoms with Gasteiger partial charge in [0.2, 0.25) is 0 Å². The number of pyridine rings is 1. The number of halogens is 3. The zero-order chi connectivity index (χ0) is 13.1. The van der Waals surface area contributed by atoms with E-state index in [4.69, 9.17) is 0 Å². The van der Waals surface area contributed by atoms with Crippen LogP contribution < -0.4 is 4.90 Å². The molecule has 1 heterocycles. The van der Waals surface area contributed by atoms with Gasteiger partial charge in [-0.15, -0.1) is 0 Å². The number of benzene rings is 1. The molecule has 0 spiro atoms. The van der Waals surface area contributed by atoms with Crippen molar-refractivity contribution in [1.29, 1.82) is 0 Å². The predicted molar refractivity (Wildman–Crippen MR) is 62.7 cm³/mol. The number of hydrogen-bond donors (Lipinski definition) is 0. The van der Waals surface area contributed by atoms with Gasteiger partial charge in [-0.25, -0.2) is 8.78 Å². The van der Waals surface area contributed by atoms with Gasteiger partial charge in [0.1, 0.15) is 0 Å². The van der Waals surface area contributed by atoms with Crippen LogP contribution in [0.3, 0.4) is 0 Å². The topological polar surface area (TPSA) is 16.1 Å². The first-order chi connectivity index (χ1) is 8.58. The standard InChI is InChI=1S/C13H11F3N2/c1-18(8-9-5-3-2-4-6-9)13-11(15)7-10(14)12(16)17-13/h2-7H,8H2,1H3. The Morgan fingerprint density at radius 2 is 1.72 bits per heavy atom. The van der Waals surface area contributed by atoms with Gasteiger partial charge in [-0.05, 0) is 5.56 Å². The Kier molecular flexibility index (Phi) is 3.50. The van der Waals surface area contributed by atoms with Crippen LogP contribution in [0.15, 0.2) is 36.4 Å². The van der Waals surface area contributed by atoms with Crippen LogP contribution in [0.2, 0.25) is 0 Å². The minimum absolute atomic E-state index is 0.210. The molecule has 0 amide bonds. The second kappa shape index (κ2) is 5.08. The molecule has 0 radical (unpaired) electrons. The molecule has 0 unspecified atom stereocenters. The molecule has 18 heavy (non-hydrogen) atoms. The number of anilines is 1. The van der Waals surface area contributed by atoms with E-state index >= 15 is 0 Å². The van der Waals surface area contributed by atoms with Crippen molar-refractivity contribution >= 4 is 5.82 Å². The second-order valence-corrected chi connectivity index (χ2v) is 3.91. The summed E-state index contributed by atoms with van der Waals surface area (Å²) in [5.74, 6) is -3.68. The molecule has 0 aliphatic rings. The molecule has 2 nitrogen and oxygen atoms in total. The zero-order valence-electron chi connectivity index (χ0n) is 9.70. The van der Waals surface area contributed by atoms with Gasteiger partial charge in [-0.1, -0.05) is 30.3 Å². The van der Waals surface area contributed by atoms with Crippen molar-refractivity contribution in [3.05, 3.63) is 59.5 Å². The van der Waals surface area contributed by atoms with Gasteiger partial charge in [0.25, 0.3) is 5.95 Å². The molecule has 0 saturated carbocycles. The largest absolute Gasteiger partial charge is 0.353 e. The van der Waals surface area contributed by atoms with E-state index in [1.807, 2.05) is 30.3 Å². The van der Waals surface area contributed by atoms with Crippen LogP contribution in [-0.4, -0.2) is 12.0 Å². The molecule has 94 valence electrons. The third-order valence-corrected chi connectivity index (χ3v) is 2.49. The Labute approximate surface area is 103 Å². The summed E-state index contributed by atoms with van der Waals surface area (Å²) in [7, 11) is 1.57. The van der Waals surface area contributed by atoms with Crippen LogP contribution >= 0.6 is 0 Å². The molecular formula is C13H11F3N2. The lowest BCUT2D eigenvalue weighted by Gasteiger charge is -2.18. The molecule has 2 rings (SSSR count). The highest BCUT2D eigenvalue weighted by Gasteiger charge is 2.15. The van der Waals surface area contributed by atoms with Gasteiger partial charge in [0.05, 0.1) is 0 Å². The van der Waals surface area contributed by atoms with Crippen LogP contribution in [0.1, 0.15) is 5.56 Å². The molecule has 5 heteroatoms. The minimum atomic E-state index is -1.30. The highest BCUT2D eigenvalue weighted by molar-refractivity contribution is 5.40. The summed E-state index contributed by atoms with van der Waals surface area (Å²) in [6.07, 6.45) is 0. The van der Waals surface area contributed by atoms with Gasteiger partial charge in [0.15, 0.2) is 17.5 Å². The first-order valence-corrected chi connectivity index (χ1v) is 5.34. The van der Waals surface area contributed by atoms with Crippen LogP contribution in [-0.2, 0) is 6.54 Å². The first-order valence-electron chi connectivity index (χ1n) is 5.34. The summed E-state index contributed by atoms with van der Waals surface area (Å²) in [4.78, 5) is 4.70. The number of nitrogens with zero attached hydrogens (tertiary/aromatic N) is 2. The van der Waals surface area contributed by atoms with E-state index in [1.165, 1.54) is 4.90 Å².